The van der Waals surface area contributed by atoms with Gasteiger partial charge in [0.2, 0.25) is 5.82 Å². The van der Waals surface area contributed by atoms with E-state index in [1.165, 1.54) is 0 Å². The zero-order chi connectivity index (χ0) is 18.8. The molecule has 0 N–H and O–H groups in total. The summed E-state index contributed by atoms with van der Waals surface area (Å²) in [4.78, 5) is 12.2. The molecular weight excluding hydrogens is 366 g/mol. The van der Waals surface area contributed by atoms with Crippen LogP contribution in [0, 0.1) is 0 Å². The smallest absolute Gasteiger partial charge is 0.376 e. The van der Waals surface area contributed by atoms with Crippen molar-refractivity contribution < 1.29 is 14.3 Å². The molecule has 1 aromatic heterocycles. The monoisotopic (exact) mass is 383 g/mol. The first-order chi connectivity index (χ1) is 13.2. The van der Waals surface area contributed by atoms with Crippen molar-refractivity contribution in [3.05, 3.63) is 70.3 Å². The number of hydrogen-bond acceptors (Lipinski definition) is 5. The highest BCUT2D eigenvalue weighted by Crippen LogP contribution is 2.29. The number of aromatic nitrogens is 3. The van der Waals surface area contributed by atoms with Gasteiger partial charge in [0.15, 0.2) is 0 Å². The predicted molar refractivity (Wildman–Crippen MR) is 101 cm³/mol. The average molecular weight is 384 g/mol. The maximum atomic E-state index is 12.2. The first-order valence-corrected chi connectivity index (χ1v) is 9.15. The van der Waals surface area contributed by atoms with Crippen molar-refractivity contribution in [2.45, 2.75) is 26.4 Å². The van der Waals surface area contributed by atoms with Gasteiger partial charge in [-0.25, -0.2) is 4.79 Å². The van der Waals surface area contributed by atoms with Crippen LogP contribution in [0.4, 0.5) is 0 Å². The fraction of sp³-hybridized carbons (Fsp3) is 0.250. The minimum Gasteiger partial charge on any atom is -0.489 e. The molecule has 0 atom stereocenters. The second kappa shape index (κ2) is 7.40. The standard InChI is InChI=1S/C20H18ClN3O3/c1-2-26-20(25)19-23-22-18-10-5-14-11-16(8-9-17(14)24(18)19)27-12-13-3-6-15(21)7-4-13/h3-4,6-9,11H,2,5,10,12H2,1H3. The molecule has 0 unspecified atom stereocenters. The second-order valence-electron chi connectivity index (χ2n) is 6.20. The molecule has 6 nitrogen and oxygen atoms in total. The lowest BCUT2D eigenvalue weighted by Crippen LogP contribution is -2.18. The molecule has 0 saturated carbocycles. The number of aryl methyl sites for hydroxylation is 2. The molecule has 0 spiro atoms. The van der Waals surface area contributed by atoms with Gasteiger partial charge in [0.25, 0.3) is 0 Å². The van der Waals surface area contributed by atoms with Gasteiger partial charge in [-0.1, -0.05) is 23.7 Å². The maximum Gasteiger partial charge on any atom is 0.376 e. The number of benzene rings is 2. The molecule has 138 valence electrons. The minimum absolute atomic E-state index is 0.211. The lowest BCUT2D eigenvalue weighted by atomic mass is 10.0. The Morgan fingerprint density at radius 3 is 2.74 bits per heavy atom. The largest absolute Gasteiger partial charge is 0.489 e. The van der Waals surface area contributed by atoms with Gasteiger partial charge in [0.05, 0.1) is 12.3 Å². The number of ether oxygens (including phenoxy) is 2. The average Bonchev–Trinajstić information content (AvgIpc) is 3.12. The Hall–Kier alpha value is -2.86. The van der Waals surface area contributed by atoms with Crippen molar-refractivity contribution >= 4 is 17.6 Å². The fourth-order valence-corrected chi connectivity index (χ4v) is 3.25. The van der Waals surface area contributed by atoms with Gasteiger partial charge >= 0.3 is 5.97 Å². The Kier molecular flexibility index (Phi) is 4.81. The van der Waals surface area contributed by atoms with Crippen LogP contribution >= 0.6 is 11.6 Å². The number of nitrogens with zero attached hydrogens (tertiary/aromatic N) is 3. The number of esters is 1. The number of hydrogen-bond donors (Lipinski definition) is 0. The zero-order valence-electron chi connectivity index (χ0n) is 14.8. The van der Waals surface area contributed by atoms with E-state index in [4.69, 9.17) is 21.1 Å². The number of rotatable bonds is 5. The van der Waals surface area contributed by atoms with E-state index in [9.17, 15) is 4.79 Å². The summed E-state index contributed by atoms with van der Waals surface area (Å²) in [7, 11) is 0. The normalized spacial score (nSPS) is 12.2. The van der Waals surface area contributed by atoms with E-state index in [0.29, 0.717) is 24.7 Å². The Balaban J connectivity index is 1.58. The third-order valence-corrected chi connectivity index (χ3v) is 4.67. The fourth-order valence-electron chi connectivity index (χ4n) is 3.12. The number of carbonyl (C=O) groups is 1. The topological polar surface area (TPSA) is 66.2 Å². The SMILES string of the molecule is CCOC(=O)c1nnc2n1-c1ccc(OCc3ccc(Cl)cc3)cc1CC2. The molecule has 3 aromatic rings. The van der Waals surface area contributed by atoms with Crippen molar-refractivity contribution in [1.82, 2.24) is 14.8 Å². The van der Waals surface area contributed by atoms with Gasteiger partial charge in [-0.3, -0.25) is 4.57 Å². The molecule has 1 aliphatic rings. The Morgan fingerprint density at radius 1 is 1.15 bits per heavy atom. The summed E-state index contributed by atoms with van der Waals surface area (Å²) in [5, 5.41) is 8.86. The van der Waals surface area contributed by atoms with Crippen LogP contribution in [0.25, 0.3) is 5.69 Å². The van der Waals surface area contributed by atoms with Crippen LogP contribution in [0.2, 0.25) is 5.02 Å². The third kappa shape index (κ3) is 3.53. The van der Waals surface area contributed by atoms with E-state index in [1.54, 1.807) is 11.5 Å². The Labute approximate surface area is 161 Å². The molecule has 0 radical (unpaired) electrons. The number of fused-ring (bicyclic) bond motifs is 3. The van der Waals surface area contributed by atoms with Crippen molar-refractivity contribution in [1.29, 1.82) is 0 Å². The molecule has 2 heterocycles. The summed E-state index contributed by atoms with van der Waals surface area (Å²) in [6.45, 7) is 2.52. The van der Waals surface area contributed by atoms with Crippen LogP contribution in [0.3, 0.4) is 0 Å². The molecule has 4 rings (SSSR count). The Morgan fingerprint density at radius 2 is 1.96 bits per heavy atom. The summed E-state index contributed by atoms with van der Waals surface area (Å²) < 4.78 is 12.8. The lowest BCUT2D eigenvalue weighted by Gasteiger charge is -2.20. The van der Waals surface area contributed by atoms with Gasteiger partial charge in [0, 0.05) is 11.4 Å². The lowest BCUT2D eigenvalue weighted by molar-refractivity contribution is 0.0509. The van der Waals surface area contributed by atoms with E-state index in [-0.39, 0.29) is 5.82 Å². The minimum atomic E-state index is -0.466. The van der Waals surface area contributed by atoms with E-state index >= 15 is 0 Å². The zero-order valence-corrected chi connectivity index (χ0v) is 15.6. The van der Waals surface area contributed by atoms with Gasteiger partial charge in [-0.05, 0) is 54.8 Å². The van der Waals surface area contributed by atoms with Crippen LogP contribution in [0.5, 0.6) is 5.75 Å². The Bertz CT molecular complexity index is 983. The van der Waals surface area contributed by atoms with Crippen molar-refractivity contribution in [3.8, 4) is 11.4 Å². The first kappa shape index (κ1) is 17.5. The van der Waals surface area contributed by atoms with Crippen LogP contribution < -0.4 is 4.74 Å². The molecule has 27 heavy (non-hydrogen) atoms. The van der Waals surface area contributed by atoms with Crippen LogP contribution in [-0.4, -0.2) is 27.3 Å². The molecule has 0 aliphatic carbocycles. The summed E-state index contributed by atoms with van der Waals surface area (Å²) >= 11 is 5.91. The van der Waals surface area contributed by atoms with Crippen molar-refractivity contribution in [2.24, 2.45) is 0 Å². The summed E-state index contributed by atoms with van der Waals surface area (Å²) in [5.74, 6) is 1.29. The van der Waals surface area contributed by atoms with Crippen molar-refractivity contribution in [2.75, 3.05) is 6.61 Å². The highest BCUT2D eigenvalue weighted by Gasteiger charge is 2.26. The third-order valence-electron chi connectivity index (χ3n) is 4.42. The van der Waals surface area contributed by atoms with Gasteiger partial charge in [0.1, 0.15) is 18.2 Å². The molecule has 0 fully saturated rings. The molecule has 7 heteroatoms. The number of carbonyl (C=O) groups excluding carboxylic acids is 1. The van der Waals surface area contributed by atoms with Crippen LogP contribution in [0.1, 0.15) is 34.5 Å². The summed E-state index contributed by atoms with van der Waals surface area (Å²) in [6.07, 6.45) is 1.52. The van der Waals surface area contributed by atoms with Crippen LogP contribution in [0.15, 0.2) is 42.5 Å². The predicted octanol–water partition coefficient (Wildman–Crippen LogP) is 3.78. The summed E-state index contributed by atoms with van der Waals surface area (Å²) in [5.41, 5.74) is 3.02. The molecule has 2 aromatic carbocycles. The molecule has 0 saturated heterocycles. The van der Waals surface area contributed by atoms with E-state index < -0.39 is 5.97 Å². The van der Waals surface area contributed by atoms with Gasteiger partial charge < -0.3 is 9.47 Å². The summed E-state index contributed by atoms with van der Waals surface area (Å²) in [6, 6.07) is 13.4. The molecule has 0 amide bonds. The molecule has 1 aliphatic heterocycles. The van der Waals surface area contributed by atoms with E-state index in [0.717, 1.165) is 34.8 Å². The van der Waals surface area contributed by atoms with Gasteiger partial charge in [-0.15, -0.1) is 10.2 Å². The highest BCUT2D eigenvalue weighted by atomic mass is 35.5. The number of halogens is 1. The van der Waals surface area contributed by atoms with Crippen LogP contribution in [-0.2, 0) is 24.2 Å². The highest BCUT2D eigenvalue weighted by molar-refractivity contribution is 6.30. The van der Waals surface area contributed by atoms with Crippen molar-refractivity contribution in [3.63, 3.8) is 0 Å². The molecular formula is C20H18ClN3O3. The maximum absolute atomic E-state index is 12.2. The molecule has 0 bridgehead atoms. The van der Waals surface area contributed by atoms with E-state index in [1.807, 2.05) is 42.5 Å². The first-order valence-electron chi connectivity index (χ1n) is 8.77. The quantitative estimate of drug-likeness (QED) is 0.627. The second-order valence-corrected chi connectivity index (χ2v) is 6.64. The van der Waals surface area contributed by atoms with Gasteiger partial charge in [-0.2, -0.15) is 0 Å². The van der Waals surface area contributed by atoms with E-state index in [2.05, 4.69) is 10.2 Å².